The number of hydrogen-bond acceptors (Lipinski definition) is 4. The molecule has 0 radical (unpaired) electrons. The van der Waals surface area contributed by atoms with Gasteiger partial charge in [0.25, 0.3) is 0 Å². The Bertz CT molecular complexity index is 593. The van der Waals surface area contributed by atoms with Gasteiger partial charge in [-0.2, -0.15) is 5.10 Å². The molecular formula is C14H17N5O2. The van der Waals surface area contributed by atoms with Crippen molar-refractivity contribution in [1.29, 1.82) is 0 Å². The molecule has 21 heavy (non-hydrogen) atoms. The van der Waals surface area contributed by atoms with Crippen LogP contribution < -0.4 is 10.6 Å². The lowest BCUT2D eigenvalue weighted by Crippen LogP contribution is -2.33. The number of hydrogen-bond donors (Lipinski definition) is 2. The molecule has 0 aliphatic carbocycles. The Balaban J connectivity index is 1.63. The number of urea groups is 1. The molecule has 2 aromatic heterocycles. The minimum absolute atomic E-state index is 0.247. The van der Waals surface area contributed by atoms with Crippen LogP contribution in [0, 0.1) is 5.92 Å². The Morgan fingerprint density at radius 2 is 2.38 bits per heavy atom. The summed E-state index contributed by atoms with van der Waals surface area (Å²) in [7, 11) is 0. The molecule has 7 heteroatoms. The molecule has 3 rings (SSSR count). The van der Waals surface area contributed by atoms with Gasteiger partial charge in [0.15, 0.2) is 5.82 Å². The van der Waals surface area contributed by atoms with E-state index in [0.717, 1.165) is 13.0 Å². The molecule has 0 aromatic carbocycles. The molecule has 0 unspecified atom stereocenters. The Morgan fingerprint density at radius 1 is 1.43 bits per heavy atom. The minimum Gasteiger partial charge on any atom is -0.381 e. The van der Waals surface area contributed by atoms with Crippen molar-refractivity contribution in [3.8, 4) is 5.82 Å². The average molecular weight is 287 g/mol. The summed E-state index contributed by atoms with van der Waals surface area (Å²) >= 11 is 0. The van der Waals surface area contributed by atoms with Crippen molar-refractivity contribution in [2.24, 2.45) is 5.92 Å². The molecule has 1 aliphatic heterocycles. The topological polar surface area (TPSA) is 81.1 Å². The molecule has 7 nitrogen and oxygen atoms in total. The van der Waals surface area contributed by atoms with Crippen molar-refractivity contribution in [2.75, 3.05) is 25.1 Å². The van der Waals surface area contributed by atoms with E-state index in [4.69, 9.17) is 4.74 Å². The van der Waals surface area contributed by atoms with E-state index in [9.17, 15) is 4.79 Å². The number of amides is 2. The number of anilines is 1. The van der Waals surface area contributed by atoms with Crippen molar-refractivity contribution in [2.45, 2.75) is 6.42 Å². The van der Waals surface area contributed by atoms with Gasteiger partial charge in [-0.3, -0.25) is 0 Å². The molecule has 2 N–H and O–H groups in total. The summed E-state index contributed by atoms with van der Waals surface area (Å²) in [5.41, 5.74) is 0.612. The number of ether oxygens (including phenoxy) is 1. The molecule has 0 saturated carbocycles. The molecule has 110 valence electrons. The van der Waals surface area contributed by atoms with Crippen molar-refractivity contribution in [3.05, 3.63) is 36.8 Å². The highest BCUT2D eigenvalue weighted by atomic mass is 16.5. The van der Waals surface area contributed by atoms with Crippen LogP contribution in [0.3, 0.4) is 0 Å². The molecule has 0 spiro atoms. The lowest BCUT2D eigenvalue weighted by molar-refractivity contribution is 0.185. The van der Waals surface area contributed by atoms with Crippen LogP contribution in [0.25, 0.3) is 5.82 Å². The summed E-state index contributed by atoms with van der Waals surface area (Å²) in [5, 5.41) is 9.80. The molecule has 1 atom stereocenters. The summed E-state index contributed by atoms with van der Waals surface area (Å²) in [6, 6.07) is 5.12. The zero-order valence-corrected chi connectivity index (χ0v) is 11.5. The first kappa shape index (κ1) is 13.6. The number of carbonyl (C=O) groups is 1. The number of carbonyl (C=O) groups excluding carboxylic acids is 1. The standard InChI is InChI=1S/C14H17N5O2/c20-14(16-9-11-4-8-21-10-11)18-12-3-1-5-15-13(12)19-7-2-6-17-19/h1-3,5-7,11H,4,8-10H2,(H2,16,18,20)/t11-/m1/s1. The predicted molar refractivity (Wildman–Crippen MR) is 77.3 cm³/mol. The Labute approximate surface area is 122 Å². The third kappa shape index (κ3) is 3.38. The lowest BCUT2D eigenvalue weighted by Gasteiger charge is -2.12. The van der Waals surface area contributed by atoms with Gasteiger partial charge in [0.05, 0.1) is 12.3 Å². The van der Waals surface area contributed by atoms with Gasteiger partial charge >= 0.3 is 6.03 Å². The normalized spacial score (nSPS) is 17.6. The van der Waals surface area contributed by atoms with Gasteiger partial charge in [-0.1, -0.05) is 0 Å². The largest absolute Gasteiger partial charge is 0.381 e. The summed E-state index contributed by atoms with van der Waals surface area (Å²) in [6.45, 7) is 2.11. The van der Waals surface area contributed by atoms with Crippen LogP contribution in [0.2, 0.25) is 0 Å². The third-order valence-electron chi connectivity index (χ3n) is 3.33. The van der Waals surface area contributed by atoms with Gasteiger partial charge in [-0.05, 0) is 24.6 Å². The lowest BCUT2D eigenvalue weighted by atomic mass is 10.1. The predicted octanol–water partition coefficient (Wildman–Crippen LogP) is 1.43. The molecular weight excluding hydrogens is 270 g/mol. The van der Waals surface area contributed by atoms with Crippen LogP contribution in [0.1, 0.15) is 6.42 Å². The van der Waals surface area contributed by atoms with Crippen LogP contribution in [0.5, 0.6) is 0 Å². The summed E-state index contributed by atoms with van der Waals surface area (Å²) in [6.07, 6.45) is 6.10. The SMILES string of the molecule is O=C(NC[C@H]1CCOC1)Nc1cccnc1-n1cccn1. The van der Waals surface area contributed by atoms with E-state index in [0.29, 0.717) is 30.6 Å². The Kier molecular flexibility index (Phi) is 4.11. The summed E-state index contributed by atoms with van der Waals surface area (Å²) < 4.78 is 6.89. The number of aromatic nitrogens is 3. The van der Waals surface area contributed by atoms with Gasteiger partial charge < -0.3 is 15.4 Å². The molecule has 1 saturated heterocycles. The van der Waals surface area contributed by atoms with Gasteiger partial charge in [0.2, 0.25) is 0 Å². The maximum atomic E-state index is 12.0. The van der Waals surface area contributed by atoms with E-state index >= 15 is 0 Å². The Hall–Kier alpha value is -2.41. The van der Waals surface area contributed by atoms with Crippen molar-refractivity contribution >= 4 is 11.7 Å². The van der Waals surface area contributed by atoms with Crippen molar-refractivity contribution in [3.63, 3.8) is 0 Å². The van der Waals surface area contributed by atoms with Crippen LogP contribution >= 0.6 is 0 Å². The quantitative estimate of drug-likeness (QED) is 0.891. The highest BCUT2D eigenvalue weighted by molar-refractivity contribution is 5.90. The van der Waals surface area contributed by atoms with E-state index < -0.39 is 0 Å². The van der Waals surface area contributed by atoms with E-state index in [1.807, 2.05) is 0 Å². The van der Waals surface area contributed by atoms with Gasteiger partial charge in [0.1, 0.15) is 0 Å². The number of pyridine rings is 1. The van der Waals surface area contributed by atoms with Gasteiger partial charge in [-0.15, -0.1) is 0 Å². The molecule has 2 aromatic rings. The first-order valence-electron chi connectivity index (χ1n) is 6.90. The molecule has 0 bridgehead atoms. The number of nitrogens with one attached hydrogen (secondary N) is 2. The fourth-order valence-corrected chi connectivity index (χ4v) is 2.22. The summed E-state index contributed by atoms with van der Waals surface area (Å²) in [4.78, 5) is 16.2. The van der Waals surface area contributed by atoms with Crippen LogP contribution in [-0.2, 0) is 4.74 Å². The number of rotatable bonds is 4. The van der Waals surface area contributed by atoms with E-state index in [1.165, 1.54) is 0 Å². The average Bonchev–Trinajstić information content (AvgIpc) is 3.19. The molecule has 1 aliphatic rings. The van der Waals surface area contributed by atoms with E-state index in [1.54, 1.807) is 41.5 Å². The molecule has 3 heterocycles. The Morgan fingerprint density at radius 3 is 3.14 bits per heavy atom. The number of nitrogens with zero attached hydrogens (tertiary/aromatic N) is 3. The zero-order chi connectivity index (χ0) is 14.5. The van der Waals surface area contributed by atoms with E-state index in [-0.39, 0.29) is 6.03 Å². The van der Waals surface area contributed by atoms with Crippen LogP contribution in [0.15, 0.2) is 36.8 Å². The molecule has 1 fully saturated rings. The highest BCUT2D eigenvalue weighted by Gasteiger charge is 2.16. The maximum absolute atomic E-state index is 12.0. The fourth-order valence-electron chi connectivity index (χ4n) is 2.22. The zero-order valence-electron chi connectivity index (χ0n) is 11.5. The first-order valence-corrected chi connectivity index (χ1v) is 6.90. The summed E-state index contributed by atoms with van der Waals surface area (Å²) in [5.74, 6) is 0.983. The van der Waals surface area contributed by atoms with Gasteiger partial charge in [0, 0.05) is 37.7 Å². The second-order valence-electron chi connectivity index (χ2n) is 4.89. The minimum atomic E-state index is -0.247. The third-order valence-corrected chi connectivity index (χ3v) is 3.33. The van der Waals surface area contributed by atoms with E-state index in [2.05, 4.69) is 20.7 Å². The van der Waals surface area contributed by atoms with Crippen LogP contribution in [0.4, 0.5) is 10.5 Å². The van der Waals surface area contributed by atoms with Crippen LogP contribution in [-0.4, -0.2) is 40.6 Å². The highest BCUT2D eigenvalue weighted by Crippen LogP contribution is 2.16. The second-order valence-corrected chi connectivity index (χ2v) is 4.89. The van der Waals surface area contributed by atoms with Crippen molar-refractivity contribution in [1.82, 2.24) is 20.1 Å². The molecule has 2 amide bonds. The van der Waals surface area contributed by atoms with Gasteiger partial charge in [-0.25, -0.2) is 14.5 Å². The second kappa shape index (κ2) is 6.36. The maximum Gasteiger partial charge on any atom is 0.319 e. The monoisotopic (exact) mass is 287 g/mol. The fraction of sp³-hybridized carbons (Fsp3) is 0.357. The van der Waals surface area contributed by atoms with Crippen molar-refractivity contribution < 1.29 is 9.53 Å². The first-order chi connectivity index (χ1) is 10.3. The smallest absolute Gasteiger partial charge is 0.319 e.